The summed E-state index contributed by atoms with van der Waals surface area (Å²) in [4.78, 5) is 0. The predicted molar refractivity (Wildman–Crippen MR) is 85.0 cm³/mol. The predicted octanol–water partition coefficient (Wildman–Crippen LogP) is 4.16. The molecule has 0 saturated carbocycles. The number of aryl methyl sites for hydroxylation is 2. The molecule has 2 nitrogen and oxygen atoms in total. The molecule has 1 aromatic rings. The maximum absolute atomic E-state index is 6.37. The summed E-state index contributed by atoms with van der Waals surface area (Å²) < 4.78 is 5.79. The van der Waals surface area contributed by atoms with E-state index in [1.54, 1.807) is 0 Å². The summed E-state index contributed by atoms with van der Waals surface area (Å²) in [5.74, 6) is 0. The first-order chi connectivity index (χ1) is 9.74. The first-order valence-electron chi connectivity index (χ1n) is 8.23. The molecular formula is C18H29NO. The Kier molecular flexibility index (Phi) is 6.06. The second-order valence-corrected chi connectivity index (χ2v) is 5.91. The van der Waals surface area contributed by atoms with Crippen LogP contribution in [0.5, 0.6) is 0 Å². The van der Waals surface area contributed by atoms with Gasteiger partial charge >= 0.3 is 0 Å². The molecule has 0 aliphatic carbocycles. The van der Waals surface area contributed by atoms with Crippen molar-refractivity contribution in [3.63, 3.8) is 0 Å². The van der Waals surface area contributed by atoms with Gasteiger partial charge in [0.2, 0.25) is 0 Å². The van der Waals surface area contributed by atoms with Gasteiger partial charge in [-0.15, -0.1) is 0 Å². The van der Waals surface area contributed by atoms with Crippen molar-refractivity contribution in [1.29, 1.82) is 0 Å². The molecule has 1 aromatic carbocycles. The fraction of sp³-hybridized carbons (Fsp3) is 0.667. The molecule has 112 valence electrons. The third-order valence-electron chi connectivity index (χ3n) is 4.49. The fourth-order valence-electron chi connectivity index (χ4n) is 3.12. The molecule has 0 bridgehead atoms. The lowest BCUT2D eigenvalue weighted by Crippen LogP contribution is -2.21. The molecule has 1 saturated heterocycles. The van der Waals surface area contributed by atoms with E-state index in [1.807, 2.05) is 0 Å². The summed E-state index contributed by atoms with van der Waals surface area (Å²) in [6.07, 6.45) is 8.50. The Morgan fingerprint density at radius 3 is 2.65 bits per heavy atom. The van der Waals surface area contributed by atoms with E-state index in [-0.39, 0.29) is 6.04 Å². The summed E-state index contributed by atoms with van der Waals surface area (Å²) in [5.41, 5.74) is 10.6. The topological polar surface area (TPSA) is 35.2 Å². The molecule has 2 rings (SSSR count). The number of benzene rings is 1. The van der Waals surface area contributed by atoms with E-state index in [2.05, 4.69) is 32.0 Å². The number of nitrogens with two attached hydrogens (primary N) is 1. The Labute approximate surface area is 123 Å². The van der Waals surface area contributed by atoms with Crippen molar-refractivity contribution in [2.75, 3.05) is 6.61 Å². The summed E-state index contributed by atoms with van der Waals surface area (Å²) in [6, 6.07) is 6.93. The Morgan fingerprint density at radius 1 is 1.20 bits per heavy atom. The smallest absolute Gasteiger partial charge is 0.0575 e. The lowest BCUT2D eigenvalue weighted by atomic mass is 9.93. The molecule has 2 atom stereocenters. The second-order valence-electron chi connectivity index (χ2n) is 5.91. The van der Waals surface area contributed by atoms with Gasteiger partial charge in [0.05, 0.1) is 6.10 Å². The molecule has 20 heavy (non-hydrogen) atoms. The lowest BCUT2D eigenvalue weighted by molar-refractivity contribution is 0.00912. The zero-order chi connectivity index (χ0) is 14.4. The summed E-state index contributed by atoms with van der Waals surface area (Å²) in [7, 11) is 0. The minimum Gasteiger partial charge on any atom is -0.378 e. The molecular weight excluding hydrogens is 246 g/mol. The van der Waals surface area contributed by atoms with Crippen LogP contribution >= 0.6 is 0 Å². The van der Waals surface area contributed by atoms with Crippen LogP contribution in [0.15, 0.2) is 18.2 Å². The van der Waals surface area contributed by atoms with Crippen LogP contribution in [0.25, 0.3) is 0 Å². The molecule has 1 fully saturated rings. The van der Waals surface area contributed by atoms with Crippen LogP contribution in [-0.4, -0.2) is 12.7 Å². The molecule has 0 aromatic heterocycles. The van der Waals surface area contributed by atoms with Gasteiger partial charge in [0.15, 0.2) is 0 Å². The van der Waals surface area contributed by atoms with Crippen LogP contribution in [0.2, 0.25) is 0 Å². The highest BCUT2D eigenvalue weighted by Gasteiger charge is 2.16. The quantitative estimate of drug-likeness (QED) is 0.846. The van der Waals surface area contributed by atoms with Crippen molar-refractivity contribution in [3.05, 3.63) is 34.9 Å². The summed E-state index contributed by atoms with van der Waals surface area (Å²) in [5, 5.41) is 0. The molecule has 0 spiro atoms. The summed E-state index contributed by atoms with van der Waals surface area (Å²) in [6.45, 7) is 5.37. The Hall–Kier alpha value is -0.860. The molecule has 1 heterocycles. The van der Waals surface area contributed by atoms with Gasteiger partial charge in [0.25, 0.3) is 0 Å². The molecule has 1 aliphatic rings. The minimum atomic E-state index is 0.150. The van der Waals surface area contributed by atoms with Gasteiger partial charge in [-0.1, -0.05) is 32.0 Å². The van der Waals surface area contributed by atoms with Crippen LogP contribution in [0, 0.1) is 0 Å². The van der Waals surface area contributed by atoms with Crippen molar-refractivity contribution < 1.29 is 4.74 Å². The maximum atomic E-state index is 6.37. The van der Waals surface area contributed by atoms with E-state index in [4.69, 9.17) is 10.5 Å². The molecule has 1 aliphatic heterocycles. The van der Waals surface area contributed by atoms with Crippen molar-refractivity contribution in [2.24, 2.45) is 5.73 Å². The van der Waals surface area contributed by atoms with Gasteiger partial charge in [-0.25, -0.2) is 0 Å². The largest absolute Gasteiger partial charge is 0.378 e. The molecule has 2 N–H and O–H groups in total. The SMILES string of the molecule is CCc1ccc(C(N)CCC2CCCCO2)cc1CC. The minimum absolute atomic E-state index is 0.150. The third-order valence-corrected chi connectivity index (χ3v) is 4.49. The van der Waals surface area contributed by atoms with Crippen molar-refractivity contribution >= 4 is 0 Å². The molecule has 0 radical (unpaired) electrons. The average Bonchev–Trinajstić information content (AvgIpc) is 2.52. The Morgan fingerprint density at radius 2 is 2.00 bits per heavy atom. The highest BCUT2D eigenvalue weighted by atomic mass is 16.5. The number of rotatable bonds is 6. The lowest BCUT2D eigenvalue weighted by Gasteiger charge is -2.24. The zero-order valence-electron chi connectivity index (χ0n) is 13.0. The van der Waals surface area contributed by atoms with Gasteiger partial charge in [0, 0.05) is 12.6 Å². The van der Waals surface area contributed by atoms with Crippen LogP contribution in [0.4, 0.5) is 0 Å². The van der Waals surface area contributed by atoms with E-state index in [1.165, 1.54) is 36.0 Å². The normalized spacial score (nSPS) is 20.9. The van der Waals surface area contributed by atoms with Crippen LogP contribution in [-0.2, 0) is 17.6 Å². The maximum Gasteiger partial charge on any atom is 0.0575 e. The number of ether oxygens (including phenoxy) is 1. The highest BCUT2D eigenvalue weighted by molar-refractivity contribution is 5.33. The standard InChI is InChI=1S/C18H29NO/c1-3-14-8-9-16(13-15(14)4-2)18(19)11-10-17-7-5-6-12-20-17/h8-9,13,17-18H,3-7,10-12,19H2,1-2H3. The van der Waals surface area contributed by atoms with Gasteiger partial charge in [0.1, 0.15) is 0 Å². The van der Waals surface area contributed by atoms with E-state index >= 15 is 0 Å². The number of hydrogen-bond acceptors (Lipinski definition) is 2. The molecule has 0 amide bonds. The fourth-order valence-corrected chi connectivity index (χ4v) is 3.12. The zero-order valence-corrected chi connectivity index (χ0v) is 13.0. The van der Waals surface area contributed by atoms with Crippen LogP contribution in [0.1, 0.15) is 68.7 Å². The van der Waals surface area contributed by atoms with E-state index in [9.17, 15) is 0 Å². The highest BCUT2D eigenvalue weighted by Crippen LogP contribution is 2.24. The second kappa shape index (κ2) is 7.80. The Balaban J connectivity index is 1.92. The van der Waals surface area contributed by atoms with Crippen LogP contribution in [0.3, 0.4) is 0 Å². The van der Waals surface area contributed by atoms with Crippen LogP contribution < -0.4 is 5.73 Å². The van der Waals surface area contributed by atoms with E-state index in [0.717, 1.165) is 32.3 Å². The van der Waals surface area contributed by atoms with Crippen molar-refractivity contribution in [1.82, 2.24) is 0 Å². The molecule has 2 heteroatoms. The Bertz CT molecular complexity index is 410. The molecule has 2 unspecified atom stereocenters. The van der Waals surface area contributed by atoms with Crippen molar-refractivity contribution in [3.8, 4) is 0 Å². The van der Waals surface area contributed by atoms with Gasteiger partial charge < -0.3 is 10.5 Å². The van der Waals surface area contributed by atoms with E-state index < -0.39 is 0 Å². The van der Waals surface area contributed by atoms with E-state index in [0.29, 0.717) is 6.10 Å². The third kappa shape index (κ3) is 4.07. The average molecular weight is 275 g/mol. The number of hydrogen-bond donors (Lipinski definition) is 1. The van der Waals surface area contributed by atoms with Gasteiger partial charge in [-0.2, -0.15) is 0 Å². The summed E-state index contributed by atoms with van der Waals surface area (Å²) >= 11 is 0. The van der Waals surface area contributed by atoms with Crippen molar-refractivity contribution in [2.45, 2.75) is 70.9 Å². The van der Waals surface area contributed by atoms with Gasteiger partial charge in [-0.3, -0.25) is 0 Å². The monoisotopic (exact) mass is 275 g/mol. The first kappa shape index (κ1) is 15.5. The van der Waals surface area contributed by atoms with Gasteiger partial charge in [-0.05, 0) is 61.6 Å². The first-order valence-corrected chi connectivity index (χ1v) is 8.23.